The van der Waals surface area contributed by atoms with E-state index < -0.39 is 29.1 Å². The predicted octanol–water partition coefficient (Wildman–Crippen LogP) is 0.190. The highest BCUT2D eigenvalue weighted by atomic mass is 19.1. The van der Waals surface area contributed by atoms with E-state index in [9.17, 15) is 18.8 Å². The van der Waals surface area contributed by atoms with E-state index in [0.717, 1.165) is 4.57 Å². The summed E-state index contributed by atoms with van der Waals surface area (Å²) in [5, 5.41) is 0. The highest BCUT2D eigenvalue weighted by Crippen LogP contribution is 2.10. The van der Waals surface area contributed by atoms with Crippen LogP contribution < -0.4 is 11.2 Å². The largest absolute Gasteiger partial charge is 0.464 e. The molecule has 0 saturated heterocycles. The Morgan fingerprint density at radius 1 is 1.53 bits per heavy atom. The summed E-state index contributed by atoms with van der Waals surface area (Å²) in [6.07, 6.45) is 0.969. The number of hydrogen-bond donors (Lipinski definition) is 1. The van der Waals surface area contributed by atoms with Gasteiger partial charge in [0, 0.05) is 0 Å². The molecular weight excluding hydrogens is 231 g/mol. The van der Waals surface area contributed by atoms with E-state index in [0.29, 0.717) is 6.20 Å². The van der Waals surface area contributed by atoms with Gasteiger partial charge in [-0.2, -0.15) is 4.39 Å². The van der Waals surface area contributed by atoms with Gasteiger partial charge in [-0.25, -0.2) is 9.59 Å². The lowest BCUT2D eigenvalue weighted by Gasteiger charge is -2.15. The number of rotatable bonds is 4. The van der Waals surface area contributed by atoms with E-state index in [1.165, 1.54) is 0 Å². The summed E-state index contributed by atoms with van der Waals surface area (Å²) >= 11 is 0. The van der Waals surface area contributed by atoms with E-state index in [2.05, 4.69) is 0 Å². The zero-order valence-corrected chi connectivity index (χ0v) is 9.53. The van der Waals surface area contributed by atoms with Crippen molar-refractivity contribution in [1.82, 2.24) is 9.55 Å². The van der Waals surface area contributed by atoms with Crippen LogP contribution in [-0.2, 0) is 9.53 Å². The smallest absolute Gasteiger partial charge is 0.329 e. The molecule has 1 rings (SSSR count). The molecule has 0 spiro atoms. The topological polar surface area (TPSA) is 81.2 Å². The molecule has 0 radical (unpaired) electrons. The molecule has 94 valence electrons. The van der Waals surface area contributed by atoms with Crippen molar-refractivity contribution in [3.63, 3.8) is 0 Å². The van der Waals surface area contributed by atoms with Gasteiger partial charge < -0.3 is 4.74 Å². The molecule has 1 aromatic rings. The van der Waals surface area contributed by atoms with Gasteiger partial charge in [0.15, 0.2) is 0 Å². The normalized spacial score (nSPS) is 12.2. The average molecular weight is 244 g/mol. The van der Waals surface area contributed by atoms with E-state index in [-0.39, 0.29) is 13.0 Å². The van der Waals surface area contributed by atoms with E-state index in [4.69, 9.17) is 4.74 Å². The lowest BCUT2D eigenvalue weighted by Crippen LogP contribution is -2.36. The van der Waals surface area contributed by atoms with Crippen molar-refractivity contribution >= 4 is 5.97 Å². The van der Waals surface area contributed by atoms with Crippen LogP contribution in [0.5, 0.6) is 0 Å². The Bertz CT molecular complexity index is 520. The number of aromatic nitrogens is 2. The Morgan fingerprint density at radius 3 is 2.71 bits per heavy atom. The second kappa shape index (κ2) is 5.42. The van der Waals surface area contributed by atoms with Crippen LogP contribution in [0.4, 0.5) is 4.39 Å². The zero-order chi connectivity index (χ0) is 13.0. The highest BCUT2D eigenvalue weighted by Gasteiger charge is 2.21. The molecule has 0 amide bonds. The van der Waals surface area contributed by atoms with E-state index >= 15 is 0 Å². The third-order valence-electron chi connectivity index (χ3n) is 2.21. The Morgan fingerprint density at radius 2 is 2.18 bits per heavy atom. The molecule has 0 aliphatic carbocycles. The van der Waals surface area contributed by atoms with Crippen molar-refractivity contribution in [3.05, 3.63) is 32.9 Å². The molecule has 7 heteroatoms. The summed E-state index contributed by atoms with van der Waals surface area (Å²) in [5.74, 6) is -1.75. The van der Waals surface area contributed by atoms with Gasteiger partial charge >= 0.3 is 11.7 Å². The van der Waals surface area contributed by atoms with Crippen molar-refractivity contribution in [2.75, 3.05) is 6.61 Å². The Balaban J connectivity index is 3.21. The fraction of sp³-hybridized carbons (Fsp3) is 0.500. The monoisotopic (exact) mass is 244 g/mol. The van der Waals surface area contributed by atoms with Gasteiger partial charge in [0.25, 0.3) is 5.56 Å². The van der Waals surface area contributed by atoms with Gasteiger partial charge in [-0.15, -0.1) is 0 Å². The third kappa shape index (κ3) is 2.80. The van der Waals surface area contributed by atoms with Gasteiger partial charge in [-0.1, -0.05) is 6.92 Å². The van der Waals surface area contributed by atoms with Crippen LogP contribution in [0.2, 0.25) is 0 Å². The highest BCUT2D eigenvalue weighted by molar-refractivity contribution is 5.74. The van der Waals surface area contributed by atoms with Gasteiger partial charge in [-0.3, -0.25) is 14.3 Å². The van der Waals surface area contributed by atoms with Crippen LogP contribution in [0.15, 0.2) is 15.8 Å². The second-order valence-corrected chi connectivity index (χ2v) is 3.32. The summed E-state index contributed by atoms with van der Waals surface area (Å²) < 4.78 is 18.6. The van der Waals surface area contributed by atoms with E-state index in [1.54, 1.807) is 18.8 Å². The first-order chi connectivity index (χ1) is 8.01. The maximum absolute atomic E-state index is 13.0. The molecular formula is C10H13FN2O4. The predicted molar refractivity (Wildman–Crippen MR) is 57.2 cm³/mol. The maximum Gasteiger partial charge on any atom is 0.329 e. The molecule has 0 aromatic carbocycles. The summed E-state index contributed by atoms with van der Waals surface area (Å²) in [5.41, 5.74) is -1.94. The first-order valence-corrected chi connectivity index (χ1v) is 5.18. The number of nitrogens with zero attached hydrogens (tertiary/aromatic N) is 1. The standard InChI is InChI=1S/C10H13FN2O4/c1-3-7(9(15)17-4-2)13-5-6(11)8(14)12-10(13)16/h5,7H,3-4H2,1-2H3,(H,12,14,16). The average Bonchev–Trinajstić information content (AvgIpc) is 2.26. The summed E-state index contributed by atoms with van der Waals surface area (Å²) in [6, 6.07) is -0.936. The fourth-order valence-electron chi connectivity index (χ4n) is 1.41. The molecule has 0 saturated carbocycles. The maximum atomic E-state index is 13.0. The third-order valence-corrected chi connectivity index (χ3v) is 2.21. The number of halogens is 1. The molecule has 1 unspecified atom stereocenters. The number of ether oxygens (including phenoxy) is 1. The van der Waals surface area contributed by atoms with E-state index in [1.807, 2.05) is 0 Å². The quantitative estimate of drug-likeness (QED) is 0.766. The van der Waals surface area contributed by atoms with Crippen molar-refractivity contribution in [2.24, 2.45) is 0 Å². The number of hydrogen-bond acceptors (Lipinski definition) is 4. The summed E-state index contributed by atoms with van der Waals surface area (Å²) in [6.45, 7) is 3.44. The van der Waals surface area contributed by atoms with Crippen LogP contribution in [0.1, 0.15) is 26.3 Å². The minimum absolute atomic E-state index is 0.163. The van der Waals surface area contributed by atoms with Gasteiger partial charge in [0.05, 0.1) is 12.8 Å². The van der Waals surface area contributed by atoms with Crippen LogP contribution in [0.3, 0.4) is 0 Å². The zero-order valence-electron chi connectivity index (χ0n) is 9.53. The number of carbonyl (C=O) groups is 1. The van der Waals surface area contributed by atoms with Gasteiger partial charge in [0.2, 0.25) is 5.82 Å². The molecule has 1 aromatic heterocycles. The van der Waals surface area contributed by atoms with Crippen molar-refractivity contribution in [2.45, 2.75) is 26.3 Å². The number of aromatic amines is 1. The number of H-pyrrole nitrogens is 1. The van der Waals surface area contributed by atoms with Crippen LogP contribution in [-0.4, -0.2) is 22.1 Å². The SMILES string of the molecule is CCOC(=O)C(CC)n1cc(F)c(=O)[nH]c1=O. The number of carbonyl (C=O) groups excluding carboxylic acids is 1. The number of esters is 1. The fourth-order valence-corrected chi connectivity index (χ4v) is 1.41. The van der Waals surface area contributed by atoms with Crippen molar-refractivity contribution in [3.8, 4) is 0 Å². The molecule has 0 aliphatic rings. The molecule has 1 heterocycles. The lowest BCUT2D eigenvalue weighted by atomic mass is 10.2. The Labute approximate surface area is 96.0 Å². The molecule has 0 fully saturated rings. The van der Waals surface area contributed by atoms with Crippen molar-refractivity contribution < 1.29 is 13.9 Å². The minimum atomic E-state index is -1.12. The molecule has 0 aliphatic heterocycles. The lowest BCUT2D eigenvalue weighted by molar-refractivity contribution is -0.147. The number of nitrogens with one attached hydrogen (secondary N) is 1. The first-order valence-electron chi connectivity index (χ1n) is 5.18. The summed E-state index contributed by atoms with van der Waals surface area (Å²) in [7, 11) is 0. The van der Waals surface area contributed by atoms with Crippen LogP contribution in [0.25, 0.3) is 0 Å². The van der Waals surface area contributed by atoms with Gasteiger partial charge in [0.1, 0.15) is 6.04 Å². The molecule has 1 N–H and O–H groups in total. The molecule has 1 atom stereocenters. The Hall–Kier alpha value is -1.92. The Kier molecular flexibility index (Phi) is 4.19. The molecule has 6 nitrogen and oxygen atoms in total. The molecule has 0 bridgehead atoms. The molecule has 17 heavy (non-hydrogen) atoms. The van der Waals surface area contributed by atoms with Crippen molar-refractivity contribution in [1.29, 1.82) is 0 Å². The second-order valence-electron chi connectivity index (χ2n) is 3.32. The van der Waals surface area contributed by atoms with Crippen LogP contribution in [0, 0.1) is 5.82 Å². The minimum Gasteiger partial charge on any atom is -0.464 e. The first kappa shape index (κ1) is 13.1. The van der Waals surface area contributed by atoms with Gasteiger partial charge in [-0.05, 0) is 13.3 Å². The summed E-state index contributed by atoms with van der Waals surface area (Å²) in [4.78, 5) is 35.6. The van der Waals surface area contributed by atoms with Crippen LogP contribution >= 0.6 is 0 Å².